The monoisotopic (exact) mass is 222 g/mol. The number of hydrogen-bond donors (Lipinski definition) is 1. The zero-order chi connectivity index (χ0) is 11.5. The van der Waals surface area contributed by atoms with Crippen LogP contribution in [0.1, 0.15) is 48.5 Å². The summed E-state index contributed by atoms with van der Waals surface area (Å²) in [6.07, 6.45) is 3.80. The van der Waals surface area contributed by atoms with Crippen LogP contribution in [0.5, 0.6) is 0 Å². The molecule has 1 atom stereocenters. The van der Waals surface area contributed by atoms with E-state index in [1.54, 1.807) is 6.07 Å². The molecule has 1 fully saturated rings. The molecule has 4 nitrogen and oxygen atoms in total. The predicted molar refractivity (Wildman–Crippen MR) is 61.1 cm³/mol. The fraction of sp³-hybridized carbons (Fsp3) is 0.583. The number of primary amides is 1. The van der Waals surface area contributed by atoms with E-state index < -0.39 is 5.91 Å². The molecule has 1 unspecified atom stereocenters. The molecule has 0 radical (unpaired) electrons. The minimum Gasteiger partial charge on any atom is -0.454 e. The Kier molecular flexibility index (Phi) is 3.29. The summed E-state index contributed by atoms with van der Waals surface area (Å²) in [5, 5.41) is 0. The van der Waals surface area contributed by atoms with E-state index in [1.807, 2.05) is 6.07 Å². The lowest BCUT2D eigenvalue weighted by molar-refractivity contribution is 0.0964. The van der Waals surface area contributed by atoms with E-state index in [-0.39, 0.29) is 11.8 Å². The molecule has 0 spiro atoms. The maximum absolute atomic E-state index is 10.9. The molecule has 1 saturated heterocycles. The van der Waals surface area contributed by atoms with Gasteiger partial charge in [0.25, 0.3) is 5.91 Å². The van der Waals surface area contributed by atoms with Crippen LogP contribution >= 0.6 is 0 Å². The van der Waals surface area contributed by atoms with Crippen molar-refractivity contribution >= 4 is 5.91 Å². The van der Waals surface area contributed by atoms with Gasteiger partial charge in [0.05, 0.1) is 6.04 Å². The van der Waals surface area contributed by atoms with Crippen molar-refractivity contribution in [1.29, 1.82) is 0 Å². The molecule has 1 aliphatic rings. The average molecular weight is 222 g/mol. The van der Waals surface area contributed by atoms with Crippen LogP contribution < -0.4 is 5.73 Å². The molecule has 2 rings (SSSR count). The van der Waals surface area contributed by atoms with Crippen molar-refractivity contribution in [2.75, 3.05) is 13.1 Å². The van der Waals surface area contributed by atoms with Gasteiger partial charge in [0.1, 0.15) is 5.76 Å². The average Bonchev–Trinajstić information content (AvgIpc) is 2.78. The topological polar surface area (TPSA) is 59.5 Å². The van der Waals surface area contributed by atoms with Crippen molar-refractivity contribution in [2.24, 2.45) is 5.73 Å². The number of carbonyl (C=O) groups is 1. The van der Waals surface area contributed by atoms with Crippen LogP contribution in [-0.4, -0.2) is 23.9 Å². The molecule has 0 bridgehead atoms. The molecular weight excluding hydrogens is 204 g/mol. The number of furan rings is 1. The van der Waals surface area contributed by atoms with E-state index in [0.29, 0.717) is 0 Å². The Morgan fingerprint density at radius 1 is 1.38 bits per heavy atom. The largest absolute Gasteiger partial charge is 0.454 e. The first-order chi connectivity index (χ1) is 7.68. The number of piperidine rings is 1. The van der Waals surface area contributed by atoms with Crippen molar-refractivity contribution < 1.29 is 9.21 Å². The van der Waals surface area contributed by atoms with Gasteiger partial charge in [0.15, 0.2) is 5.76 Å². The summed E-state index contributed by atoms with van der Waals surface area (Å²) in [4.78, 5) is 13.3. The Balaban J connectivity index is 2.07. The molecule has 1 aromatic heterocycles. The second-order valence-electron chi connectivity index (χ2n) is 4.34. The molecule has 1 aromatic rings. The number of nitrogens with two attached hydrogens (primary N) is 1. The van der Waals surface area contributed by atoms with E-state index in [2.05, 4.69) is 11.8 Å². The Morgan fingerprint density at radius 3 is 2.62 bits per heavy atom. The van der Waals surface area contributed by atoms with Gasteiger partial charge in [-0.05, 0) is 45.0 Å². The van der Waals surface area contributed by atoms with Gasteiger partial charge in [-0.1, -0.05) is 6.42 Å². The van der Waals surface area contributed by atoms with Gasteiger partial charge in [-0.15, -0.1) is 0 Å². The summed E-state index contributed by atoms with van der Waals surface area (Å²) < 4.78 is 5.44. The molecule has 0 saturated carbocycles. The van der Waals surface area contributed by atoms with Crippen molar-refractivity contribution in [3.05, 3.63) is 23.7 Å². The van der Waals surface area contributed by atoms with Crippen LogP contribution in [0, 0.1) is 0 Å². The molecular formula is C12H18N2O2. The number of amides is 1. The molecule has 16 heavy (non-hydrogen) atoms. The lowest BCUT2D eigenvalue weighted by atomic mass is 10.1. The SMILES string of the molecule is CC(c1ccc(C(N)=O)o1)N1CCCCC1. The maximum atomic E-state index is 10.9. The third-order valence-electron chi connectivity index (χ3n) is 3.22. The zero-order valence-corrected chi connectivity index (χ0v) is 9.61. The lowest BCUT2D eigenvalue weighted by Gasteiger charge is -2.31. The van der Waals surface area contributed by atoms with Gasteiger partial charge in [0, 0.05) is 0 Å². The number of likely N-dealkylation sites (tertiary alicyclic amines) is 1. The van der Waals surface area contributed by atoms with Gasteiger partial charge in [0.2, 0.25) is 0 Å². The lowest BCUT2D eigenvalue weighted by Crippen LogP contribution is -2.32. The van der Waals surface area contributed by atoms with Crippen molar-refractivity contribution in [3.63, 3.8) is 0 Å². The van der Waals surface area contributed by atoms with Crippen LogP contribution in [0.25, 0.3) is 0 Å². The number of rotatable bonds is 3. The van der Waals surface area contributed by atoms with Crippen LogP contribution in [-0.2, 0) is 0 Å². The first-order valence-corrected chi connectivity index (χ1v) is 5.82. The summed E-state index contributed by atoms with van der Waals surface area (Å²) in [5.41, 5.74) is 5.16. The highest BCUT2D eigenvalue weighted by molar-refractivity contribution is 5.89. The third-order valence-corrected chi connectivity index (χ3v) is 3.22. The molecule has 1 aliphatic heterocycles. The minimum absolute atomic E-state index is 0.230. The van der Waals surface area contributed by atoms with Crippen molar-refractivity contribution in [3.8, 4) is 0 Å². The normalized spacial score (nSPS) is 19.6. The molecule has 4 heteroatoms. The van der Waals surface area contributed by atoms with Gasteiger partial charge in [-0.3, -0.25) is 9.69 Å². The zero-order valence-electron chi connectivity index (χ0n) is 9.61. The van der Waals surface area contributed by atoms with Gasteiger partial charge in [-0.2, -0.15) is 0 Å². The second-order valence-corrected chi connectivity index (χ2v) is 4.34. The van der Waals surface area contributed by atoms with Crippen LogP contribution in [0.3, 0.4) is 0 Å². The summed E-state index contributed by atoms with van der Waals surface area (Å²) in [5.74, 6) is 0.576. The van der Waals surface area contributed by atoms with Crippen LogP contribution in [0.15, 0.2) is 16.5 Å². The van der Waals surface area contributed by atoms with Crippen molar-refractivity contribution in [2.45, 2.75) is 32.2 Å². The number of nitrogens with zero attached hydrogens (tertiary/aromatic N) is 1. The summed E-state index contributed by atoms with van der Waals surface area (Å²) in [6, 6.07) is 3.73. The van der Waals surface area contributed by atoms with E-state index in [1.165, 1.54) is 19.3 Å². The predicted octanol–water partition coefficient (Wildman–Crippen LogP) is 1.93. The summed E-state index contributed by atoms with van der Waals surface area (Å²) in [7, 11) is 0. The minimum atomic E-state index is -0.503. The fourth-order valence-corrected chi connectivity index (χ4v) is 2.20. The highest BCUT2D eigenvalue weighted by Crippen LogP contribution is 2.25. The van der Waals surface area contributed by atoms with Gasteiger partial charge >= 0.3 is 0 Å². The van der Waals surface area contributed by atoms with E-state index in [9.17, 15) is 4.79 Å². The first-order valence-electron chi connectivity index (χ1n) is 5.82. The summed E-state index contributed by atoms with van der Waals surface area (Å²) >= 11 is 0. The molecule has 2 N–H and O–H groups in total. The number of carbonyl (C=O) groups excluding carboxylic acids is 1. The summed E-state index contributed by atoms with van der Waals surface area (Å²) in [6.45, 7) is 4.32. The fourth-order valence-electron chi connectivity index (χ4n) is 2.20. The Bertz CT molecular complexity index is 367. The Hall–Kier alpha value is -1.29. The maximum Gasteiger partial charge on any atom is 0.284 e. The first kappa shape index (κ1) is 11.2. The highest BCUT2D eigenvalue weighted by Gasteiger charge is 2.21. The van der Waals surface area contributed by atoms with Crippen molar-refractivity contribution in [1.82, 2.24) is 4.90 Å². The van der Waals surface area contributed by atoms with Gasteiger partial charge < -0.3 is 10.2 Å². The van der Waals surface area contributed by atoms with E-state index >= 15 is 0 Å². The third kappa shape index (κ3) is 2.27. The van der Waals surface area contributed by atoms with E-state index in [4.69, 9.17) is 10.2 Å². The molecule has 88 valence electrons. The highest BCUT2D eigenvalue weighted by atomic mass is 16.4. The van der Waals surface area contributed by atoms with Crippen LogP contribution in [0.4, 0.5) is 0 Å². The van der Waals surface area contributed by atoms with E-state index in [0.717, 1.165) is 18.8 Å². The standard InChI is InChI=1S/C12H18N2O2/c1-9(14-7-3-2-4-8-14)10-5-6-11(16-10)12(13)15/h5-6,9H,2-4,7-8H2,1H3,(H2,13,15). The van der Waals surface area contributed by atoms with Gasteiger partial charge in [-0.25, -0.2) is 0 Å². The van der Waals surface area contributed by atoms with Crippen LogP contribution in [0.2, 0.25) is 0 Å². The molecule has 0 aliphatic carbocycles. The second kappa shape index (κ2) is 4.70. The quantitative estimate of drug-likeness (QED) is 0.850. The Morgan fingerprint density at radius 2 is 2.06 bits per heavy atom. The Labute approximate surface area is 95.4 Å². The molecule has 1 amide bonds. The molecule has 2 heterocycles. The molecule has 0 aromatic carbocycles. The number of hydrogen-bond acceptors (Lipinski definition) is 3. The smallest absolute Gasteiger partial charge is 0.284 e.